The topological polar surface area (TPSA) is 350 Å². The Morgan fingerprint density at radius 1 is 0.638 bits per heavy atom. The van der Waals surface area contributed by atoms with Gasteiger partial charge < -0.3 is 40.9 Å². The number of benzene rings is 2. The number of nitrogens with zero attached hydrogens (tertiary/aromatic N) is 6. The molecule has 9 rings (SSSR count). The van der Waals surface area contributed by atoms with E-state index in [9.17, 15) is 38.7 Å². The molecule has 2 aromatic carbocycles. The first kappa shape index (κ1) is 38.3. The normalized spacial score (nSPS) is 31.8. The van der Waals surface area contributed by atoms with Gasteiger partial charge in [0.25, 0.3) is 11.1 Å². The first-order chi connectivity index (χ1) is 27.7. The molecule has 10 atom stereocenters. The average molecular weight is 843 g/mol. The van der Waals surface area contributed by atoms with E-state index in [1.165, 1.54) is 9.13 Å². The number of aliphatic hydroxyl groups excluding tert-OH is 2. The van der Waals surface area contributed by atoms with Crippen molar-refractivity contribution in [1.29, 1.82) is 0 Å². The lowest BCUT2D eigenvalue weighted by Gasteiger charge is -2.27. The molecule has 0 aliphatic carbocycles. The van der Waals surface area contributed by atoms with Crippen LogP contribution in [0.4, 0.5) is 11.9 Å². The third-order valence-electron chi connectivity index (χ3n) is 9.64. The standard InChI is InChI=1S/C32H32N10O14P2/c33-31-37-25-17(27(45)39-31)35-23(13-7-3-1-4-8-13)41(25)29-19(43)21-15(53-29)11-51-58(49,50)56-22-16(12-52-57(47,48)55-21)54-30(20(22)44)42-24(14-9-5-2-6-10-14)36-18-26(42)38-32(34)40-28(18)46/h1-10,15-16,19-22,29-30,43-44H,11-12H2,(H,47,48)(H,49,50)(H3,33,37,39,45)(H3,34,38,40,46)/t15-,16-,19-,20-,21-,22-,29-,30-/m1/s1. The van der Waals surface area contributed by atoms with Gasteiger partial charge in [-0.2, -0.15) is 9.97 Å². The van der Waals surface area contributed by atoms with E-state index in [0.717, 1.165) is 0 Å². The number of anilines is 2. The minimum atomic E-state index is -5.23. The zero-order valence-corrected chi connectivity index (χ0v) is 31.2. The number of nitrogen functional groups attached to an aromatic ring is 2. The van der Waals surface area contributed by atoms with Crippen LogP contribution in [0, 0.1) is 0 Å². The number of rotatable bonds is 4. The Morgan fingerprint density at radius 3 is 1.40 bits per heavy atom. The number of nitrogens with one attached hydrogen (secondary N) is 2. The van der Waals surface area contributed by atoms with Crippen molar-refractivity contribution in [3.8, 4) is 22.8 Å². The number of ether oxygens (including phenoxy) is 2. The highest BCUT2D eigenvalue weighted by Crippen LogP contribution is 2.54. The number of hydrogen-bond donors (Lipinski definition) is 8. The predicted molar refractivity (Wildman–Crippen MR) is 197 cm³/mol. The molecule has 0 saturated carbocycles. The van der Waals surface area contributed by atoms with Crippen molar-refractivity contribution in [2.24, 2.45) is 0 Å². The molecule has 24 nitrogen and oxygen atoms in total. The van der Waals surface area contributed by atoms with Crippen LogP contribution in [0.25, 0.3) is 45.1 Å². The van der Waals surface area contributed by atoms with Crippen LogP contribution in [0.3, 0.4) is 0 Å². The molecule has 2 unspecified atom stereocenters. The molecule has 304 valence electrons. The van der Waals surface area contributed by atoms with Gasteiger partial charge in [0.15, 0.2) is 34.8 Å². The van der Waals surface area contributed by atoms with Gasteiger partial charge in [-0.1, -0.05) is 60.7 Å². The molecule has 3 fully saturated rings. The summed E-state index contributed by atoms with van der Waals surface area (Å²) < 4.78 is 63.3. The third kappa shape index (κ3) is 6.73. The SMILES string of the molecule is Nc1nc2c(nc(-c3ccccc3)n2[C@@H]2O[C@@H]3COP(=O)(O)O[C@H]4[C@@H](O)[C@H](n5c(-c6ccccc6)nc6c(=O)[nH]c(N)nc65)O[C@@H]4COP(=O)(O)O[C@H]3[C@H]2O)c(=O)[nH]1. The largest absolute Gasteiger partial charge is 0.472 e. The van der Waals surface area contributed by atoms with Gasteiger partial charge in [-0.15, -0.1) is 0 Å². The molecule has 3 aliphatic heterocycles. The lowest BCUT2D eigenvalue weighted by Crippen LogP contribution is -2.39. The van der Waals surface area contributed by atoms with Crippen LogP contribution in [0.15, 0.2) is 70.3 Å². The molecule has 26 heteroatoms. The molecule has 0 bridgehead atoms. The minimum absolute atomic E-state index is 0.0678. The van der Waals surface area contributed by atoms with Gasteiger partial charge in [0.05, 0.1) is 13.2 Å². The van der Waals surface area contributed by atoms with E-state index >= 15 is 0 Å². The highest BCUT2D eigenvalue weighted by atomic mass is 31.2. The first-order valence-corrected chi connectivity index (χ1v) is 20.3. The maximum Gasteiger partial charge on any atom is 0.472 e. The van der Waals surface area contributed by atoms with Gasteiger partial charge in [-0.3, -0.25) is 46.8 Å². The van der Waals surface area contributed by atoms with Crippen LogP contribution < -0.4 is 22.6 Å². The number of nitrogens with two attached hydrogens (primary N) is 2. The molecule has 0 spiro atoms. The number of aromatic amines is 2. The molecule has 6 aromatic rings. The van der Waals surface area contributed by atoms with Crippen LogP contribution in [-0.2, 0) is 36.7 Å². The van der Waals surface area contributed by atoms with E-state index < -0.39 is 89.1 Å². The Bertz CT molecular complexity index is 2580. The maximum atomic E-state index is 13.6. The predicted octanol–water partition coefficient (Wildman–Crippen LogP) is 0.286. The number of aliphatic hydroxyl groups is 2. The van der Waals surface area contributed by atoms with Crippen molar-refractivity contribution in [1.82, 2.24) is 39.0 Å². The first-order valence-electron chi connectivity index (χ1n) is 17.3. The highest BCUT2D eigenvalue weighted by Gasteiger charge is 2.54. The number of phosphoric ester groups is 2. The smallest absolute Gasteiger partial charge is 0.386 e. The number of H-pyrrole nitrogens is 2. The molecular weight excluding hydrogens is 810 g/mol. The molecule has 4 aromatic heterocycles. The van der Waals surface area contributed by atoms with Gasteiger partial charge in [-0.25, -0.2) is 19.1 Å². The van der Waals surface area contributed by atoms with Gasteiger partial charge in [0.1, 0.15) is 48.3 Å². The number of hydrogen-bond acceptors (Lipinski definition) is 18. The second kappa shape index (κ2) is 14.3. The second-order valence-corrected chi connectivity index (χ2v) is 16.2. The Labute approximate surface area is 323 Å². The van der Waals surface area contributed by atoms with Crippen molar-refractivity contribution in [3.63, 3.8) is 0 Å². The summed E-state index contributed by atoms with van der Waals surface area (Å²) in [5.74, 6) is -0.462. The Balaban J connectivity index is 1.06. The molecule has 7 heterocycles. The fourth-order valence-electron chi connectivity index (χ4n) is 7.16. The van der Waals surface area contributed by atoms with Crippen molar-refractivity contribution in [3.05, 3.63) is 81.4 Å². The summed E-state index contributed by atoms with van der Waals surface area (Å²) in [6.07, 6.45) is -13.7. The Kier molecular flexibility index (Phi) is 9.43. The molecule has 10 N–H and O–H groups in total. The van der Waals surface area contributed by atoms with E-state index in [0.29, 0.717) is 11.1 Å². The van der Waals surface area contributed by atoms with Crippen LogP contribution in [0.5, 0.6) is 0 Å². The van der Waals surface area contributed by atoms with Crippen molar-refractivity contribution < 1.29 is 56.7 Å². The highest BCUT2D eigenvalue weighted by molar-refractivity contribution is 7.47. The van der Waals surface area contributed by atoms with Crippen molar-refractivity contribution in [2.45, 2.75) is 49.1 Å². The van der Waals surface area contributed by atoms with Gasteiger partial charge in [-0.05, 0) is 0 Å². The molecule has 58 heavy (non-hydrogen) atoms. The van der Waals surface area contributed by atoms with Crippen LogP contribution >= 0.6 is 15.6 Å². The summed E-state index contributed by atoms with van der Waals surface area (Å²) in [6, 6.07) is 16.8. The summed E-state index contributed by atoms with van der Waals surface area (Å²) in [5, 5.41) is 23.4. The summed E-state index contributed by atoms with van der Waals surface area (Å²) in [7, 11) is -10.5. The van der Waals surface area contributed by atoms with E-state index in [1.54, 1.807) is 60.7 Å². The van der Waals surface area contributed by atoms with Crippen molar-refractivity contribution in [2.75, 3.05) is 24.7 Å². The number of phosphoric acid groups is 2. The Morgan fingerprint density at radius 2 is 1.02 bits per heavy atom. The molecule has 0 radical (unpaired) electrons. The minimum Gasteiger partial charge on any atom is -0.386 e. The van der Waals surface area contributed by atoms with Gasteiger partial charge >= 0.3 is 15.6 Å². The number of fused-ring (bicyclic) bond motifs is 4. The van der Waals surface area contributed by atoms with Crippen LogP contribution in [0.2, 0.25) is 0 Å². The summed E-state index contributed by atoms with van der Waals surface area (Å²) >= 11 is 0. The molecule has 3 aliphatic rings. The van der Waals surface area contributed by atoms with Crippen LogP contribution in [0.1, 0.15) is 12.5 Å². The van der Waals surface area contributed by atoms with E-state index in [1.807, 2.05) is 0 Å². The van der Waals surface area contributed by atoms with E-state index in [-0.39, 0.29) is 45.9 Å². The van der Waals surface area contributed by atoms with E-state index in [4.69, 9.17) is 39.0 Å². The number of imidazole rings is 2. The van der Waals surface area contributed by atoms with Crippen molar-refractivity contribution >= 4 is 49.9 Å². The average Bonchev–Trinajstić information content (AvgIpc) is 3.91. The van der Waals surface area contributed by atoms with E-state index in [2.05, 4.69) is 29.9 Å². The summed E-state index contributed by atoms with van der Waals surface area (Å²) in [4.78, 5) is 69.7. The zero-order chi connectivity index (χ0) is 40.7. The lowest BCUT2D eigenvalue weighted by molar-refractivity contribution is -0.0659. The number of aromatic nitrogens is 8. The van der Waals surface area contributed by atoms with Crippen LogP contribution in [-0.4, -0.2) is 109 Å². The maximum absolute atomic E-state index is 13.6. The summed E-state index contributed by atoms with van der Waals surface area (Å²) in [6.45, 7) is -1.83. The Hall–Kier alpha value is -5.20. The third-order valence-corrected chi connectivity index (χ3v) is 11.6. The molecule has 3 saturated heterocycles. The van der Waals surface area contributed by atoms with Gasteiger partial charge in [0, 0.05) is 11.1 Å². The monoisotopic (exact) mass is 842 g/mol. The summed E-state index contributed by atoms with van der Waals surface area (Å²) in [5.41, 5.74) is 10.5. The quantitative estimate of drug-likeness (QED) is 0.111. The fraction of sp³-hybridized carbons (Fsp3) is 0.312. The van der Waals surface area contributed by atoms with Gasteiger partial charge in [0.2, 0.25) is 11.9 Å². The zero-order valence-electron chi connectivity index (χ0n) is 29.4. The second-order valence-electron chi connectivity index (χ2n) is 13.4. The fourth-order valence-corrected chi connectivity index (χ4v) is 9.09. The molecule has 0 amide bonds. The lowest BCUT2D eigenvalue weighted by atomic mass is 10.1. The molecular formula is C32H32N10O14P2.